The Morgan fingerprint density at radius 2 is 2.25 bits per heavy atom. The van der Waals surface area contributed by atoms with Gasteiger partial charge in [0.05, 0.1) is 0 Å². The molecule has 0 spiro atoms. The molecule has 2 aliphatic heterocycles. The summed E-state index contributed by atoms with van der Waals surface area (Å²) in [6, 6.07) is 0. The van der Waals surface area contributed by atoms with E-state index in [0.717, 1.165) is 32.6 Å². The zero-order valence-corrected chi connectivity index (χ0v) is 12.8. The van der Waals surface area contributed by atoms with Crippen LogP contribution in [0.1, 0.15) is 39.5 Å². The summed E-state index contributed by atoms with van der Waals surface area (Å²) < 4.78 is 0. The molecule has 20 heavy (non-hydrogen) atoms. The normalized spacial score (nSPS) is 26.2. The van der Waals surface area contributed by atoms with Crippen LogP contribution in [0.25, 0.3) is 0 Å². The maximum absolute atomic E-state index is 11.6. The summed E-state index contributed by atoms with van der Waals surface area (Å²) in [5, 5.41) is 0. The topological polar surface area (TPSA) is 61.9 Å². The first-order chi connectivity index (χ1) is 9.56. The Morgan fingerprint density at radius 3 is 2.90 bits per heavy atom. The Bertz CT molecular complexity index is 369. The van der Waals surface area contributed by atoms with E-state index in [9.17, 15) is 4.79 Å². The number of carbonyl (C=O) groups excluding carboxylic acids is 1. The minimum absolute atomic E-state index is 0.290. The van der Waals surface area contributed by atoms with E-state index in [4.69, 9.17) is 5.73 Å². The van der Waals surface area contributed by atoms with Crippen molar-refractivity contribution >= 4 is 11.9 Å². The van der Waals surface area contributed by atoms with Crippen molar-refractivity contribution in [2.75, 3.05) is 32.7 Å². The summed E-state index contributed by atoms with van der Waals surface area (Å²) in [4.78, 5) is 20.3. The summed E-state index contributed by atoms with van der Waals surface area (Å²) >= 11 is 0. The summed E-state index contributed by atoms with van der Waals surface area (Å²) in [7, 11) is 0. The number of guanidine groups is 1. The van der Waals surface area contributed by atoms with Crippen molar-refractivity contribution in [3.05, 3.63) is 0 Å². The van der Waals surface area contributed by atoms with Gasteiger partial charge in [0.25, 0.3) is 0 Å². The molecule has 2 rings (SSSR count). The molecule has 0 bridgehead atoms. The molecule has 2 N–H and O–H groups in total. The lowest BCUT2D eigenvalue weighted by Gasteiger charge is -2.31. The van der Waals surface area contributed by atoms with E-state index in [2.05, 4.69) is 23.7 Å². The highest BCUT2D eigenvalue weighted by atomic mass is 16.2. The van der Waals surface area contributed by atoms with Crippen LogP contribution in [0.3, 0.4) is 0 Å². The molecule has 2 atom stereocenters. The number of likely N-dealkylation sites (tertiary alicyclic amines) is 2. The molecule has 1 amide bonds. The van der Waals surface area contributed by atoms with Gasteiger partial charge in [-0.15, -0.1) is 0 Å². The van der Waals surface area contributed by atoms with Crippen LogP contribution in [-0.4, -0.2) is 54.4 Å². The first kappa shape index (κ1) is 15.1. The Hall–Kier alpha value is -1.26. The van der Waals surface area contributed by atoms with Crippen LogP contribution in [0.4, 0.5) is 0 Å². The third-order valence-electron chi connectivity index (χ3n) is 4.25. The second kappa shape index (κ2) is 6.95. The van der Waals surface area contributed by atoms with Crippen molar-refractivity contribution < 1.29 is 4.79 Å². The number of aliphatic imine (C=N–C) groups is 1. The fraction of sp³-hybridized carbons (Fsp3) is 0.867. The van der Waals surface area contributed by atoms with Crippen molar-refractivity contribution in [2.24, 2.45) is 22.6 Å². The molecule has 0 radical (unpaired) electrons. The van der Waals surface area contributed by atoms with Crippen LogP contribution in [0.15, 0.2) is 4.99 Å². The first-order valence-corrected chi connectivity index (χ1v) is 7.89. The van der Waals surface area contributed by atoms with E-state index in [1.807, 2.05) is 4.90 Å². The molecule has 5 heteroatoms. The Labute approximate surface area is 122 Å². The highest BCUT2D eigenvalue weighted by molar-refractivity contribution is 5.78. The fourth-order valence-corrected chi connectivity index (χ4v) is 3.08. The third kappa shape index (κ3) is 4.12. The van der Waals surface area contributed by atoms with E-state index in [0.29, 0.717) is 36.7 Å². The molecule has 2 fully saturated rings. The zero-order chi connectivity index (χ0) is 14.5. The Kier molecular flexibility index (Phi) is 5.26. The van der Waals surface area contributed by atoms with Crippen molar-refractivity contribution in [1.29, 1.82) is 0 Å². The Morgan fingerprint density at radius 1 is 1.45 bits per heavy atom. The van der Waals surface area contributed by atoms with Gasteiger partial charge in [0.2, 0.25) is 5.91 Å². The monoisotopic (exact) mass is 280 g/mol. The number of amides is 1. The van der Waals surface area contributed by atoms with Gasteiger partial charge in [-0.05, 0) is 31.1 Å². The zero-order valence-electron chi connectivity index (χ0n) is 12.8. The highest BCUT2D eigenvalue weighted by Crippen LogP contribution is 2.15. The van der Waals surface area contributed by atoms with Crippen LogP contribution < -0.4 is 5.73 Å². The van der Waals surface area contributed by atoms with Gasteiger partial charge in [0.1, 0.15) is 0 Å². The van der Waals surface area contributed by atoms with Crippen LogP contribution in [0.2, 0.25) is 0 Å². The van der Waals surface area contributed by atoms with E-state index >= 15 is 0 Å². The molecule has 0 aromatic carbocycles. The maximum atomic E-state index is 11.6. The molecular formula is C15H28N4O. The number of nitrogens with two attached hydrogens (primary N) is 1. The van der Waals surface area contributed by atoms with Gasteiger partial charge in [-0.2, -0.15) is 0 Å². The molecule has 0 saturated carbocycles. The first-order valence-electron chi connectivity index (χ1n) is 7.89. The number of hydrogen-bond donors (Lipinski definition) is 1. The van der Waals surface area contributed by atoms with Gasteiger partial charge in [0, 0.05) is 39.1 Å². The summed E-state index contributed by atoms with van der Waals surface area (Å²) in [5.41, 5.74) is 6.09. The van der Waals surface area contributed by atoms with Crippen LogP contribution in [0, 0.1) is 11.8 Å². The fourth-order valence-electron chi connectivity index (χ4n) is 3.08. The van der Waals surface area contributed by atoms with Crippen LogP contribution in [0.5, 0.6) is 0 Å². The van der Waals surface area contributed by atoms with Gasteiger partial charge in [-0.1, -0.05) is 13.8 Å². The highest BCUT2D eigenvalue weighted by Gasteiger charge is 2.22. The lowest BCUT2D eigenvalue weighted by atomic mass is 10.0. The maximum Gasteiger partial charge on any atom is 0.222 e. The van der Waals surface area contributed by atoms with Crippen LogP contribution >= 0.6 is 0 Å². The summed E-state index contributed by atoms with van der Waals surface area (Å²) in [6.45, 7) is 8.88. The number of rotatable bonds is 4. The molecular weight excluding hydrogens is 252 g/mol. The van der Waals surface area contributed by atoms with Gasteiger partial charge < -0.3 is 15.5 Å². The second-order valence-corrected chi connectivity index (χ2v) is 6.44. The SMILES string of the molecule is CC(CN=C(N)N1CCCC(C)C1)CN1CCCC1=O. The van der Waals surface area contributed by atoms with E-state index < -0.39 is 0 Å². The van der Waals surface area contributed by atoms with Gasteiger partial charge in [-0.3, -0.25) is 9.79 Å². The molecule has 2 saturated heterocycles. The van der Waals surface area contributed by atoms with Crippen molar-refractivity contribution in [1.82, 2.24) is 9.80 Å². The van der Waals surface area contributed by atoms with Crippen molar-refractivity contribution in [3.8, 4) is 0 Å². The number of carbonyl (C=O) groups is 1. The molecule has 0 aliphatic carbocycles. The average molecular weight is 280 g/mol. The predicted molar refractivity (Wildman–Crippen MR) is 81.4 cm³/mol. The molecule has 2 unspecified atom stereocenters. The quantitative estimate of drug-likeness (QED) is 0.623. The van der Waals surface area contributed by atoms with Gasteiger partial charge in [0.15, 0.2) is 5.96 Å². The summed E-state index contributed by atoms with van der Waals surface area (Å²) in [5.74, 6) is 2.05. The second-order valence-electron chi connectivity index (χ2n) is 6.44. The number of nitrogens with zero attached hydrogens (tertiary/aromatic N) is 3. The molecule has 114 valence electrons. The molecule has 0 aromatic rings. The standard InChI is InChI=1S/C15H28N4O/c1-12-5-3-8-19(10-12)15(16)17-9-13(2)11-18-7-4-6-14(18)20/h12-13H,3-11H2,1-2H3,(H2,16,17). The van der Waals surface area contributed by atoms with Gasteiger partial charge in [-0.25, -0.2) is 0 Å². The smallest absolute Gasteiger partial charge is 0.222 e. The van der Waals surface area contributed by atoms with Crippen molar-refractivity contribution in [2.45, 2.75) is 39.5 Å². The summed E-state index contributed by atoms with van der Waals surface area (Å²) in [6.07, 6.45) is 4.21. The molecule has 5 nitrogen and oxygen atoms in total. The van der Waals surface area contributed by atoms with Gasteiger partial charge >= 0.3 is 0 Å². The average Bonchev–Trinajstić information content (AvgIpc) is 2.81. The molecule has 2 heterocycles. The minimum atomic E-state index is 0.290. The lowest BCUT2D eigenvalue weighted by molar-refractivity contribution is -0.128. The van der Waals surface area contributed by atoms with Crippen molar-refractivity contribution in [3.63, 3.8) is 0 Å². The van der Waals surface area contributed by atoms with E-state index in [-0.39, 0.29) is 0 Å². The van der Waals surface area contributed by atoms with E-state index in [1.54, 1.807) is 0 Å². The predicted octanol–water partition coefficient (Wildman–Crippen LogP) is 1.29. The number of piperidine rings is 1. The van der Waals surface area contributed by atoms with Crippen LogP contribution in [-0.2, 0) is 4.79 Å². The Balaban J connectivity index is 1.77. The third-order valence-corrected chi connectivity index (χ3v) is 4.25. The minimum Gasteiger partial charge on any atom is -0.370 e. The largest absolute Gasteiger partial charge is 0.370 e. The number of hydrogen-bond acceptors (Lipinski definition) is 2. The van der Waals surface area contributed by atoms with E-state index in [1.165, 1.54) is 12.8 Å². The molecule has 0 aromatic heterocycles. The lowest BCUT2D eigenvalue weighted by Crippen LogP contribution is -2.43. The molecule has 2 aliphatic rings.